The van der Waals surface area contributed by atoms with Gasteiger partial charge in [0.1, 0.15) is 5.25 Å². The monoisotopic (exact) mass is 584 g/mol. The number of thioether (sulfide) groups is 2. The number of rotatable bonds is 7. The average molecular weight is 586 g/mol. The molecule has 35 heavy (non-hydrogen) atoms. The second-order valence-corrected chi connectivity index (χ2v) is 12.8. The topological polar surface area (TPSA) is 95.5 Å². The minimum atomic E-state index is -1.83. The number of nitrogens with zero attached hydrogens (tertiary/aromatic N) is 2. The van der Waals surface area contributed by atoms with E-state index in [2.05, 4.69) is 9.97 Å². The first-order chi connectivity index (χ1) is 16.8. The van der Waals surface area contributed by atoms with Gasteiger partial charge in [-0.2, -0.15) is 0 Å². The predicted octanol–water partition coefficient (Wildman–Crippen LogP) is 5.89. The number of carbonyl (C=O) groups is 3. The summed E-state index contributed by atoms with van der Waals surface area (Å²) in [6.07, 6.45) is 0. The van der Waals surface area contributed by atoms with Gasteiger partial charge in [-0.3, -0.25) is 4.79 Å². The minimum absolute atomic E-state index is 0.0503. The summed E-state index contributed by atoms with van der Waals surface area (Å²) in [5.41, 5.74) is -0.453. The Morgan fingerprint density at radius 3 is 2.29 bits per heavy atom. The van der Waals surface area contributed by atoms with E-state index in [-0.39, 0.29) is 12.4 Å². The van der Waals surface area contributed by atoms with Gasteiger partial charge in [-0.1, -0.05) is 46.7 Å². The van der Waals surface area contributed by atoms with Gasteiger partial charge in [0, 0.05) is 10.0 Å². The molecule has 2 atom stereocenters. The van der Waals surface area contributed by atoms with Gasteiger partial charge in [-0.25, -0.2) is 19.6 Å². The summed E-state index contributed by atoms with van der Waals surface area (Å²) < 4.78 is 13.7. The van der Waals surface area contributed by atoms with Crippen LogP contribution in [0.5, 0.6) is 0 Å². The maximum absolute atomic E-state index is 13.2. The molecule has 0 N–H and O–H groups in total. The van der Waals surface area contributed by atoms with Crippen LogP contribution >= 0.6 is 69.4 Å². The number of ether oxygens (including phenoxy) is 2. The fraction of sp³-hybridized carbons (Fsp3) is 0.227. The quantitative estimate of drug-likeness (QED) is 0.149. The zero-order valence-electron chi connectivity index (χ0n) is 17.8. The van der Waals surface area contributed by atoms with Crippen molar-refractivity contribution in [1.29, 1.82) is 0 Å². The largest absolute Gasteiger partial charge is 0.463 e. The van der Waals surface area contributed by atoms with E-state index in [0.29, 0.717) is 29.8 Å². The van der Waals surface area contributed by atoms with E-state index in [1.165, 1.54) is 34.4 Å². The predicted molar refractivity (Wildman–Crippen MR) is 140 cm³/mol. The molecule has 5 rings (SSSR count). The van der Waals surface area contributed by atoms with E-state index in [1.807, 2.05) is 12.1 Å². The summed E-state index contributed by atoms with van der Waals surface area (Å²) in [7, 11) is 0. The molecule has 2 aromatic heterocycles. The lowest BCUT2D eigenvalue weighted by molar-refractivity contribution is -0.171. The molecule has 2 aromatic carbocycles. The summed E-state index contributed by atoms with van der Waals surface area (Å²) in [6, 6.07) is 10.7. The molecule has 1 aliphatic heterocycles. The van der Waals surface area contributed by atoms with Crippen molar-refractivity contribution in [3.05, 3.63) is 46.4 Å². The highest BCUT2D eigenvalue weighted by Crippen LogP contribution is 2.45. The van der Waals surface area contributed by atoms with Gasteiger partial charge in [0.15, 0.2) is 8.68 Å². The molecule has 0 radical (unpaired) electrons. The minimum Gasteiger partial charge on any atom is -0.463 e. The number of Topliss-reactive ketones (excluding diaryl/α,β-unsaturated/α-hetero) is 1. The van der Waals surface area contributed by atoms with Gasteiger partial charge in [0.05, 0.1) is 32.8 Å². The Morgan fingerprint density at radius 1 is 1.06 bits per heavy atom. The molecule has 3 heterocycles. The average Bonchev–Trinajstić information content (AvgIpc) is 3.48. The van der Waals surface area contributed by atoms with Crippen LogP contribution in [0.1, 0.15) is 6.92 Å². The number of cyclic esters (lactones) is 1. The van der Waals surface area contributed by atoms with Crippen molar-refractivity contribution in [3.63, 3.8) is 0 Å². The van der Waals surface area contributed by atoms with Crippen LogP contribution in [0.25, 0.3) is 20.4 Å². The van der Waals surface area contributed by atoms with E-state index >= 15 is 0 Å². The van der Waals surface area contributed by atoms with Crippen LogP contribution in [0.4, 0.5) is 0 Å². The van der Waals surface area contributed by atoms with E-state index in [0.717, 1.165) is 21.2 Å². The molecule has 1 fully saturated rings. The molecular formula is C22H14Cl2N2O5S4. The van der Waals surface area contributed by atoms with Crippen LogP contribution in [-0.2, 0) is 23.9 Å². The van der Waals surface area contributed by atoms with E-state index < -0.39 is 28.6 Å². The first-order valence-corrected chi connectivity index (χ1v) is 14.4. The number of fused-ring (bicyclic) bond motifs is 2. The van der Waals surface area contributed by atoms with Crippen molar-refractivity contribution in [1.82, 2.24) is 9.97 Å². The van der Waals surface area contributed by atoms with Crippen LogP contribution in [0.2, 0.25) is 10.0 Å². The Labute approximate surface area is 225 Å². The number of hydrogen-bond acceptors (Lipinski definition) is 11. The highest BCUT2D eigenvalue weighted by molar-refractivity contribution is 8.03. The zero-order valence-corrected chi connectivity index (χ0v) is 22.6. The van der Waals surface area contributed by atoms with Crippen LogP contribution in [0.15, 0.2) is 45.1 Å². The number of hydrogen-bond donors (Lipinski definition) is 0. The summed E-state index contributed by atoms with van der Waals surface area (Å²) in [4.78, 5) is 47.6. The number of aromatic nitrogens is 2. The molecule has 4 aromatic rings. The van der Waals surface area contributed by atoms with Gasteiger partial charge in [-0.15, -0.1) is 22.7 Å². The Balaban J connectivity index is 1.48. The highest BCUT2D eigenvalue weighted by Gasteiger charge is 2.62. The maximum Gasteiger partial charge on any atom is 0.377 e. The number of thiazole rings is 2. The second-order valence-electron chi connectivity index (χ2n) is 7.33. The lowest BCUT2D eigenvalue weighted by atomic mass is 10.0. The molecule has 0 amide bonds. The normalized spacial score (nSPS) is 20.0. The standard InChI is InChI=1S/C22H14Cl2N2O5S4/c1-2-30-19(29)22(9-32-20-25-12-7-10(23)3-5-14(12)33-20)17(16(27)18(28)31-22)35-21-26-13-8-11(24)4-6-15(13)34-21/h3-8,17H,2,9H2,1H3. The zero-order chi connectivity index (χ0) is 24.7. The maximum atomic E-state index is 13.2. The molecule has 7 nitrogen and oxygen atoms in total. The third kappa shape index (κ3) is 4.77. The molecule has 0 spiro atoms. The van der Waals surface area contributed by atoms with Crippen molar-refractivity contribution in [2.24, 2.45) is 0 Å². The summed E-state index contributed by atoms with van der Waals surface area (Å²) in [5, 5.41) is -0.0724. The lowest BCUT2D eigenvalue weighted by Gasteiger charge is -2.28. The molecule has 2 unspecified atom stereocenters. The molecule has 13 heteroatoms. The van der Waals surface area contributed by atoms with Crippen molar-refractivity contribution >= 4 is 108 Å². The Morgan fingerprint density at radius 2 is 1.66 bits per heavy atom. The fourth-order valence-corrected chi connectivity index (χ4v) is 8.49. The van der Waals surface area contributed by atoms with Crippen LogP contribution in [0.3, 0.4) is 0 Å². The molecular weight excluding hydrogens is 571 g/mol. The fourth-order valence-electron chi connectivity index (χ4n) is 3.44. The Bertz CT molecular complexity index is 1490. The number of benzene rings is 2. The van der Waals surface area contributed by atoms with Crippen molar-refractivity contribution in [2.75, 3.05) is 12.4 Å². The van der Waals surface area contributed by atoms with E-state index in [4.69, 9.17) is 32.7 Å². The van der Waals surface area contributed by atoms with Crippen molar-refractivity contribution < 1.29 is 23.9 Å². The molecule has 1 aliphatic rings. The van der Waals surface area contributed by atoms with Gasteiger partial charge >= 0.3 is 11.9 Å². The molecule has 180 valence electrons. The van der Waals surface area contributed by atoms with E-state index in [9.17, 15) is 14.4 Å². The summed E-state index contributed by atoms with van der Waals surface area (Å²) in [6.45, 7) is 1.71. The number of carbonyl (C=O) groups excluding carboxylic acids is 3. The van der Waals surface area contributed by atoms with E-state index in [1.54, 1.807) is 31.2 Å². The van der Waals surface area contributed by atoms with Crippen molar-refractivity contribution in [2.45, 2.75) is 26.5 Å². The highest BCUT2D eigenvalue weighted by atomic mass is 35.5. The second kappa shape index (κ2) is 9.87. The molecule has 0 bridgehead atoms. The lowest BCUT2D eigenvalue weighted by Crippen LogP contribution is -2.50. The third-order valence-electron chi connectivity index (χ3n) is 5.05. The van der Waals surface area contributed by atoms with Crippen LogP contribution in [0, 0.1) is 0 Å². The first-order valence-electron chi connectivity index (χ1n) is 10.1. The van der Waals surface area contributed by atoms with Crippen LogP contribution < -0.4 is 0 Å². The summed E-state index contributed by atoms with van der Waals surface area (Å²) >= 11 is 17.1. The van der Waals surface area contributed by atoms with Crippen LogP contribution in [-0.4, -0.2) is 50.9 Å². The van der Waals surface area contributed by atoms with Gasteiger partial charge < -0.3 is 9.47 Å². The Hall–Kier alpha value is -1.89. The molecule has 1 saturated heterocycles. The van der Waals surface area contributed by atoms with Gasteiger partial charge in [0.2, 0.25) is 5.60 Å². The SMILES string of the molecule is CCOC(=O)C1(CSc2nc3cc(Cl)ccc3s2)OC(=O)C(=O)C1Sc1nc2cc(Cl)ccc2s1. The summed E-state index contributed by atoms with van der Waals surface area (Å²) in [5.74, 6) is -2.71. The number of halogens is 2. The first kappa shape index (κ1) is 24.8. The Kier molecular flexibility index (Phi) is 6.99. The molecule has 0 saturated carbocycles. The van der Waals surface area contributed by atoms with Crippen molar-refractivity contribution in [3.8, 4) is 0 Å². The van der Waals surface area contributed by atoms with Gasteiger partial charge in [0.25, 0.3) is 5.78 Å². The number of ketones is 1. The third-order valence-corrected chi connectivity index (χ3v) is 10.4. The van der Waals surface area contributed by atoms with Gasteiger partial charge in [-0.05, 0) is 43.3 Å². The number of esters is 2. The smallest absolute Gasteiger partial charge is 0.377 e. The molecule has 0 aliphatic carbocycles.